The first-order chi connectivity index (χ1) is 8.63. The predicted octanol–water partition coefficient (Wildman–Crippen LogP) is 2.10. The van der Waals surface area contributed by atoms with Crippen LogP contribution in [-0.4, -0.2) is 30.8 Å². The lowest BCUT2D eigenvalue weighted by atomic mass is 10.3. The molecule has 0 aliphatic rings. The smallest absolute Gasteiger partial charge is 0.338 e. The molecule has 0 saturated carbocycles. The van der Waals surface area contributed by atoms with Crippen LogP contribution in [-0.2, 0) is 0 Å². The lowest BCUT2D eigenvalue weighted by Gasteiger charge is -1.92. The second-order valence-electron chi connectivity index (χ2n) is 3.70. The molecule has 2 aromatic heterocycles. The number of rotatable bonds is 2. The number of carbonyl (C=O) groups is 1. The molecule has 0 aliphatic carbocycles. The molecular weight excluding hydrogens is 256 g/mol. The lowest BCUT2D eigenvalue weighted by Crippen LogP contribution is -1.97. The molecule has 0 saturated heterocycles. The van der Waals surface area contributed by atoms with Gasteiger partial charge in [-0.1, -0.05) is 11.6 Å². The van der Waals surface area contributed by atoms with Crippen LogP contribution in [0.3, 0.4) is 0 Å². The van der Waals surface area contributed by atoms with Crippen LogP contribution >= 0.6 is 11.6 Å². The number of aromatic amines is 1. The molecule has 2 N–H and O–H groups in total. The number of hydrogen-bond acceptors (Lipinski definition) is 3. The summed E-state index contributed by atoms with van der Waals surface area (Å²) in [6, 6.07) is 5.26. The number of fused-ring (bicyclic) bond motifs is 1. The summed E-state index contributed by atoms with van der Waals surface area (Å²) in [5, 5.41) is 13.4. The molecule has 0 aliphatic heterocycles. The van der Waals surface area contributed by atoms with E-state index >= 15 is 0 Å². The summed E-state index contributed by atoms with van der Waals surface area (Å²) >= 11 is 5.87. The van der Waals surface area contributed by atoms with Gasteiger partial charge in [0.25, 0.3) is 0 Å². The van der Waals surface area contributed by atoms with E-state index in [0.29, 0.717) is 11.0 Å². The maximum absolute atomic E-state index is 10.8. The largest absolute Gasteiger partial charge is 0.478 e. The summed E-state index contributed by atoms with van der Waals surface area (Å²) in [5.41, 5.74) is 1.61. The van der Waals surface area contributed by atoms with E-state index in [0.717, 1.165) is 11.0 Å². The Balaban J connectivity index is 2.10. The van der Waals surface area contributed by atoms with Gasteiger partial charge in [0.2, 0.25) is 5.95 Å². The number of imidazole rings is 1. The zero-order chi connectivity index (χ0) is 12.7. The Labute approximate surface area is 106 Å². The minimum Gasteiger partial charge on any atom is -0.478 e. The molecule has 0 atom stereocenters. The number of H-pyrrole nitrogens is 1. The zero-order valence-electron chi connectivity index (χ0n) is 8.96. The summed E-state index contributed by atoms with van der Waals surface area (Å²) in [5.74, 6) is -0.583. The molecule has 0 radical (unpaired) electrons. The number of aromatic carboxylic acids is 1. The zero-order valence-corrected chi connectivity index (χ0v) is 9.72. The minimum absolute atomic E-state index is 0.105. The standard InChI is InChI=1S/C11H7ClN4O2/c12-7-1-2-8-9(3-7)15-11(14-8)16-5-6(4-13-16)10(17)18/h1-5H,(H,14,15)(H,17,18). The van der Waals surface area contributed by atoms with Gasteiger partial charge in [-0.05, 0) is 18.2 Å². The molecule has 0 bridgehead atoms. The fraction of sp³-hybridized carbons (Fsp3) is 0. The van der Waals surface area contributed by atoms with Crippen molar-refractivity contribution in [2.24, 2.45) is 0 Å². The van der Waals surface area contributed by atoms with Gasteiger partial charge in [0.1, 0.15) is 0 Å². The summed E-state index contributed by atoms with van der Waals surface area (Å²) < 4.78 is 1.37. The van der Waals surface area contributed by atoms with E-state index in [4.69, 9.17) is 16.7 Å². The van der Waals surface area contributed by atoms with Crippen LogP contribution in [0.25, 0.3) is 17.0 Å². The first-order valence-corrected chi connectivity index (χ1v) is 5.45. The maximum Gasteiger partial charge on any atom is 0.338 e. The Bertz CT molecular complexity index is 746. The predicted molar refractivity (Wildman–Crippen MR) is 65.2 cm³/mol. The Hall–Kier alpha value is -2.34. The Morgan fingerprint density at radius 1 is 1.44 bits per heavy atom. The molecular formula is C11H7ClN4O2. The molecule has 90 valence electrons. The van der Waals surface area contributed by atoms with E-state index in [-0.39, 0.29) is 5.56 Å². The summed E-state index contributed by atoms with van der Waals surface area (Å²) in [6.45, 7) is 0. The van der Waals surface area contributed by atoms with Gasteiger partial charge in [0.05, 0.1) is 22.8 Å². The number of aromatic nitrogens is 4. The molecule has 3 aromatic rings. The third-order valence-electron chi connectivity index (χ3n) is 2.48. The first-order valence-electron chi connectivity index (χ1n) is 5.07. The molecule has 18 heavy (non-hydrogen) atoms. The van der Waals surface area contributed by atoms with Crippen LogP contribution in [0.1, 0.15) is 10.4 Å². The van der Waals surface area contributed by atoms with E-state index in [1.807, 2.05) is 0 Å². The van der Waals surface area contributed by atoms with E-state index in [9.17, 15) is 4.79 Å². The number of carboxylic acid groups (broad SMARTS) is 1. The van der Waals surface area contributed by atoms with Crippen LogP contribution in [0.4, 0.5) is 0 Å². The molecule has 3 rings (SSSR count). The van der Waals surface area contributed by atoms with Crippen molar-refractivity contribution in [3.05, 3.63) is 41.2 Å². The van der Waals surface area contributed by atoms with E-state index in [1.165, 1.54) is 17.1 Å². The second kappa shape index (κ2) is 3.85. The average Bonchev–Trinajstić information content (AvgIpc) is 2.93. The molecule has 1 aromatic carbocycles. The van der Waals surface area contributed by atoms with Gasteiger partial charge >= 0.3 is 5.97 Å². The Morgan fingerprint density at radius 3 is 3.00 bits per heavy atom. The molecule has 0 spiro atoms. The summed E-state index contributed by atoms with van der Waals surface area (Å²) in [7, 11) is 0. The van der Waals surface area contributed by atoms with E-state index in [1.54, 1.807) is 18.2 Å². The van der Waals surface area contributed by atoms with Gasteiger partial charge in [-0.3, -0.25) is 0 Å². The van der Waals surface area contributed by atoms with Gasteiger partial charge in [-0.15, -0.1) is 0 Å². The molecule has 6 nitrogen and oxygen atoms in total. The van der Waals surface area contributed by atoms with Crippen LogP contribution in [0.5, 0.6) is 0 Å². The van der Waals surface area contributed by atoms with Gasteiger partial charge < -0.3 is 10.1 Å². The summed E-state index contributed by atoms with van der Waals surface area (Å²) in [4.78, 5) is 18.1. The first kappa shape index (κ1) is 10.8. The van der Waals surface area contributed by atoms with E-state index in [2.05, 4.69) is 15.1 Å². The van der Waals surface area contributed by atoms with Crippen molar-refractivity contribution >= 4 is 28.6 Å². The van der Waals surface area contributed by atoms with Gasteiger partial charge in [-0.2, -0.15) is 5.10 Å². The van der Waals surface area contributed by atoms with Gasteiger partial charge in [0, 0.05) is 11.2 Å². The summed E-state index contributed by atoms with van der Waals surface area (Å²) in [6.07, 6.45) is 2.66. The van der Waals surface area contributed by atoms with Gasteiger partial charge in [0.15, 0.2) is 0 Å². The quantitative estimate of drug-likeness (QED) is 0.741. The van der Waals surface area contributed by atoms with Crippen LogP contribution in [0.2, 0.25) is 5.02 Å². The topological polar surface area (TPSA) is 83.8 Å². The maximum atomic E-state index is 10.8. The SMILES string of the molecule is O=C(O)c1cnn(-c2nc3ccc(Cl)cc3[nH]2)c1. The van der Waals surface area contributed by atoms with Crippen molar-refractivity contribution in [1.82, 2.24) is 19.7 Å². The van der Waals surface area contributed by atoms with Crippen LogP contribution < -0.4 is 0 Å². The minimum atomic E-state index is -1.03. The second-order valence-corrected chi connectivity index (χ2v) is 4.14. The highest BCUT2D eigenvalue weighted by Crippen LogP contribution is 2.18. The fourth-order valence-corrected chi connectivity index (χ4v) is 1.80. The third kappa shape index (κ3) is 1.72. The molecule has 2 heterocycles. The normalized spacial score (nSPS) is 10.9. The highest BCUT2D eigenvalue weighted by atomic mass is 35.5. The molecule has 7 heteroatoms. The highest BCUT2D eigenvalue weighted by molar-refractivity contribution is 6.31. The number of halogens is 1. The van der Waals surface area contributed by atoms with Crippen LogP contribution in [0, 0.1) is 0 Å². The van der Waals surface area contributed by atoms with Crippen molar-refractivity contribution in [3.8, 4) is 5.95 Å². The molecule has 0 fully saturated rings. The van der Waals surface area contributed by atoms with Crippen molar-refractivity contribution in [1.29, 1.82) is 0 Å². The average molecular weight is 263 g/mol. The third-order valence-corrected chi connectivity index (χ3v) is 2.71. The number of nitrogens with one attached hydrogen (secondary N) is 1. The lowest BCUT2D eigenvalue weighted by molar-refractivity contribution is 0.0697. The Morgan fingerprint density at radius 2 is 2.28 bits per heavy atom. The molecule has 0 amide bonds. The number of hydrogen-bond donors (Lipinski definition) is 2. The monoisotopic (exact) mass is 262 g/mol. The van der Waals surface area contributed by atoms with Crippen molar-refractivity contribution < 1.29 is 9.90 Å². The van der Waals surface area contributed by atoms with Crippen molar-refractivity contribution in [2.75, 3.05) is 0 Å². The van der Waals surface area contributed by atoms with E-state index < -0.39 is 5.97 Å². The number of carboxylic acids is 1. The molecule has 0 unspecified atom stereocenters. The van der Waals surface area contributed by atoms with Crippen molar-refractivity contribution in [3.63, 3.8) is 0 Å². The highest BCUT2D eigenvalue weighted by Gasteiger charge is 2.10. The fourth-order valence-electron chi connectivity index (χ4n) is 1.63. The number of nitrogens with zero attached hydrogens (tertiary/aromatic N) is 3. The van der Waals surface area contributed by atoms with Gasteiger partial charge in [-0.25, -0.2) is 14.5 Å². The van der Waals surface area contributed by atoms with Crippen molar-refractivity contribution in [2.45, 2.75) is 0 Å². The number of benzene rings is 1. The Kier molecular flexibility index (Phi) is 2.31. The van der Waals surface area contributed by atoms with Crippen LogP contribution in [0.15, 0.2) is 30.6 Å².